The monoisotopic (exact) mass is 859 g/mol. The summed E-state index contributed by atoms with van der Waals surface area (Å²) in [5.74, 6) is -1.46. The molecule has 3 aromatic rings. The van der Waals surface area contributed by atoms with E-state index in [0.717, 1.165) is 16.6 Å². The molecule has 1 unspecified atom stereocenters. The second kappa shape index (κ2) is 17.2. The number of nitrogens with one attached hydrogen (secondary N) is 3. The molecule has 4 aliphatic rings. The number of likely N-dealkylation sites (N-methyl/N-ethyl adjacent to an activating group) is 1. The van der Waals surface area contributed by atoms with Crippen molar-refractivity contribution in [3.63, 3.8) is 0 Å². The van der Waals surface area contributed by atoms with Gasteiger partial charge in [0.25, 0.3) is 5.91 Å². The minimum atomic E-state index is -3.92. The molecule has 2 aromatic carbocycles. The van der Waals surface area contributed by atoms with Crippen LogP contribution in [0.3, 0.4) is 0 Å². The lowest BCUT2D eigenvalue weighted by Gasteiger charge is -2.32. The number of carbonyl (C=O) groups excluding carboxylic acids is 4. The molecule has 0 spiro atoms. The summed E-state index contributed by atoms with van der Waals surface area (Å²) in [5, 5.41) is 6.60. The third-order valence-corrected chi connectivity index (χ3v) is 13.4. The molecule has 3 fully saturated rings. The van der Waals surface area contributed by atoms with Crippen LogP contribution < -0.4 is 29.7 Å². The summed E-state index contributed by atoms with van der Waals surface area (Å²) in [6.07, 6.45) is 4.69. The topological polar surface area (TPSA) is 189 Å². The van der Waals surface area contributed by atoms with Gasteiger partial charge in [-0.3, -0.25) is 19.1 Å². The minimum absolute atomic E-state index is 0.0108. The zero-order valence-corrected chi connectivity index (χ0v) is 36.7. The second-order valence-corrected chi connectivity index (χ2v) is 19.8. The average molecular weight is 860 g/mol. The predicted molar refractivity (Wildman–Crippen MR) is 231 cm³/mol. The molecule has 61 heavy (non-hydrogen) atoms. The van der Waals surface area contributed by atoms with E-state index in [0.29, 0.717) is 54.9 Å². The zero-order valence-electron chi connectivity index (χ0n) is 35.9. The molecule has 4 amide bonds. The number of aromatic nitrogens is 1. The normalized spacial score (nSPS) is 25.0. The van der Waals surface area contributed by atoms with E-state index in [9.17, 15) is 27.6 Å². The molecule has 328 valence electrons. The van der Waals surface area contributed by atoms with Gasteiger partial charge in [-0.2, -0.15) is 0 Å². The van der Waals surface area contributed by atoms with Crippen molar-refractivity contribution in [2.75, 3.05) is 52.8 Å². The highest BCUT2D eigenvalue weighted by Crippen LogP contribution is 2.46. The molecular weight excluding hydrogens is 803 g/mol. The molecule has 1 saturated heterocycles. The Bertz CT molecular complexity index is 2310. The van der Waals surface area contributed by atoms with Crippen molar-refractivity contribution in [1.29, 1.82) is 0 Å². The lowest BCUT2D eigenvalue weighted by atomic mass is 10.1. The van der Waals surface area contributed by atoms with Crippen molar-refractivity contribution in [2.24, 2.45) is 5.92 Å². The summed E-state index contributed by atoms with van der Waals surface area (Å²) in [6, 6.07) is 13.1. The average Bonchev–Trinajstić information content (AvgIpc) is 4.13. The number of methoxy groups -OCH3 is 1. The number of anilines is 1. The summed E-state index contributed by atoms with van der Waals surface area (Å²) in [5.41, 5.74) is 0.0325. The number of amides is 4. The first kappa shape index (κ1) is 43.7. The van der Waals surface area contributed by atoms with Crippen LogP contribution in [0.5, 0.6) is 11.6 Å². The number of benzene rings is 2. The molecule has 2 aliphatic heterocycles. The number of alkyl carbamates (subject to hydrolysis) is 1. The first-order valence-corrected chi connectivity index (χ1v) is 22.4. The fourth-order valence-corrected chi connectivity index (χ4v) is 9.33. The zero-order chi connectivity index (χ0) is 43.9. The Morgan fingerprint density at radius 3 is 2.44 bits per heavy atom. The highest BCUT2D eigenvalue weighted by Gasteiger charge is 2.62. The SMILES string of the molecule is COc1ccc(-c2cc3cc(N(C)C)ccc3c(OC3C[C@H]4C(=O)N[C@]5(C(=O)NS(=O)(=O)C6CC6)C[C@H]5C=CCCCN(C)C[C@H](NC(=O)OC(C)(C)C)C(=O)N4C3)n2)cc1. The van der Waals surface area contributed by atoms with Gasteiger partial charge in [0, 0.05) is 49.6 Å². The lowest BCUT2D eigenvalue weighted by Crippen LogP contribution is -2.59. The summed E-state index contributed by atoms with van der Waals surface area (Å²) >= 11 is 0. The van der Waals surface area contributed by atoms with Crippen molar-refractivity contribution in [3.05, 3.63) is 60.7 Å². The molecule has 2 saturated carbocycles. The highest BCUT2D eigenvalue weighted by molar-refractivity contribution is 7.91. The van der Waals surface area contributed by atoms with Crippen LogP contribution in [-0.4, -0.2) is 129 Å². The Kier molecular flexibility index (Phi) is 12.3. The van der Waals surface area contributed by atoms with E-state index in [1.54, 1.807) is 27.9 Å². The molecule has 3 heterocycles. The highest BCUT2D eigenvalue weighted by atomic mass is 32.2. The van der Waals surface area contributed by atoms with Crippen LogP contribution in [0, 0.1) is 5.92 Å². The van der Waals surface area contributed by atoms with Crippen molar-refractivity contribution in [2.45, 2.75) is 93.9 Å². The van der Waals surface area contributed by atoms with Gasteiger partial charge in [0.15, 0.2) is 0 Å². The number of nitrogens with zero attached hydrogens (tertiary/aromatic N) is 4. The van der Waals surface area contributed by atoms with Crippen LogP contribution in [0.4, 0.5) is 10.5 Å². The predicted octanol–water partition coefficient (Wildman–Crippen LogP) is 3.98. The van der Waals surface area contributed by atoms with Crippen molar-refractivity contribution in [3.8, 4) is 22.9 Å². The number of pyridine rings is 1. The van der Waals surface area contributed by atoms with Gasteiger partial charge in [0.05, 0.1) is 24.6 Å². The molecule has 7 rings (SSSR count). The number of carbonyl (C=O) groups is 4. The van der Waals surface area contributed by atoms with E-state index in [-0.39, 0.29) is 25.9 Å². The van der Waals surface area contributed by atoms with Crippen LogP contribution in [0.1, 0.15) is 59.3 Å². The molecule has 0 bridgehead atoms. The maximum Gasteiger partial charge on any atom is 0.408 e. The molecule has 17 heteroatoms. The van der Waals surface area contributed by atoms with Crippen molar-refractivity contribution >= 4 is 50.3 Å². The van der Waals surface area contributed by atoms with E-state index >= 15 is 0 Å². The van der Waals surface area contributed by atoms with Gasteiger partial charge in [-0.1, -0.05) is 12.2 Å². The molecule has 3 N–H and O–H groups in total. The summed E-state index contributed by atoms with van der Waals surface area (Å²) < 4.78 is 45.8. The van der Waals surface area contributed by atoms with E-state index in [2.05, 4.69) is 15.4 Å². The van der Waals surface area contributed by atoms with Crippen molar-refractivity contribution in [1.82, 2.24) is 30.1 Å². The van der Waals surface area contributed by atoms with Gasteiger partial charge in [-0.25, -0.2) is 18.2 Å². The second-order valence-electron chi connectivity index (χ2n) is 17.8. The first-order chi connectivity index (χ1) is 28.9. The minimum Gasteiger partial charge on any atom is -0.497 e. The number of hydrogen-bond acceptors (Lipinski definition) is 12. The van der Waals surface area contributed by atoms with E-state index < -0.39 is 74.3 Å². The number of sulfonamides is 1. The van der Waals surface area contributed by atoms with E-state index in [1.807, 2.05) is 91.6 Å². The fraction of sp³-hybridized carbons (Fsp3) is 0.523. The van der Waals surface area contributed by atoms with Gasteiger partial charge in [0.1, 0.15) is 35.1 Å². The van der Waals surface area contributed by atoms with Crippen LogP contribution in [-0.2, 0) is 29.1 Å². The number of hydrogen-bond donors (Lipinski definition) is 3. The summed E-state index contributed by atoms with van der Waals surface area (Å²) in [6.45, 7) is 5.81. The van der Waals surface area contributed by atoms with Gasteiger partial charge < -0.3 is 39.5 Å². The van der Waals surface area contributed by atoms with Crippen LogP contribution >= 0.6 is 0 Å². The van der Waals surface area contributed by atoms with Gasteiger partial charge in [-0.15, -0.1) is 0 Å². The first-order valence-electron chi connectivity index (χ1n) is 20.8. The standard InChI is InChI=1S/C44H57N7O9S/c1-43(2,3)60-42(55)46-36-26-50(6)20-10-8-9-11-29-24-44(29,41(54)48-61(56,57)33-17-18-33)47-38(52)37-23-32(25-51(37)40(36)53)59-39-34-19-14-30(49(4)5)21-28(34)22-35(45-39)27-12-15-31(58-7)16-13-27/h9,11-16,19,21-22,29,32-33,36-37H,8,10,17-18,20,23-26H2,1-7H3,(H,46,55)(H,47,52)(H,48,54)/t29-,32?,36+,37+,44-/m1/s1. The maximum absolute atomic E-state index is 14.8. The van der Waals surface area contributed by atoms with E-state index in [4.69, 9.17) is 19.2 Å². The van der Waals surface area contributed by atoms with Crippen LogP contribution in [0.15, 0.2) is 60.7 Å². The van der Waals surface area contributed by atoms with Gasteiger partial charge in [0.2, 0.25) is 27.7 Å². The third kappa shape index (κ3) is 10.0. The molecule has 0 radical (unpaired) electrons. The van der Waals surface area contributed by atoms with E-state index in [1.165, 1.54) is 4.90 Å². The van der Waals surface area contributed by atoms with Crippen LogP contribution in [0.2, 0.25) is 0 Å². The van der Waals surface area contributed by atoms with Crippen molar-refractivity contribution < 1.29 is 41.8 Å². The maximum atomic E-state index is 14.8. The smallest absolute Gasteiger partial charge is 0.408 e. The molecule has 1 aromatic heterocycles. The molecule has 2 aliphatic carbocycles. The largest absolute Gasteiger partial charge is 0.497 e. The number of ether oxygens (including phenoxy) is 3. The fourth-order valence-electron chi connectivity index (χ4n) is 7.97. The Morgan fingerprint density at radius 1 is 1.03 bits per heavy atom. The summed E-state index contributed by atoms with van der Waals surface area (Å²) in [4.78, 5) is 66.9. The number of fused-ring (bicyclic) bond motifs is 3. The van der Waals surface area contributed by atoms with Gasteiger partial charge in [-0.05, 0) is 120 Å². The number of rotatable bonds is 9. The Balaban J connectivity index is 1.25. The third-order valence-electron chi connectivity index (χ3n) is 11.5. The van der Waals surface area contributed by atoms with Gasteiger partial charge >= 0.3 is 6.09 Å². The summed E-state index contributed by atoms with van der Waals surface area (Å²) in [7, 11) is 3.43. The number of allylic oxidation sites excluding steroid dienone is 1. The lowest BCUT2D eigenvalue weighted by molar-refractivity contribution is -0.141. The molecule has 5 atom stereocenters. The molecule has 16 nitrogen and oxygen atoms in total. The Labute approximate surface area is 357 Å². The Hall–Kier alpha value is -5.42. The quantitative estimate of drug-likeness (QED) is 0.263. The Morgan fingerprint density at radius 2 is 1.77 bits per heavy atom. The van der Waals surface area contributed by atoms with Crippen LogP contribution in [0.25, 0.3) is 22.0 Å². The molecular formula is C44H57N7O9S.